The van der Waals surface area contributed by atoms with Gasteiger partial charge < -0.3 is 10.6 Å². The zero-order valence-electron chi connectivity index (χ0n) is 19.8. The summed E-state index contributed by atoms with van der Waals surface area (Å²) < 4.78 is 0. The summed E-state index contributed by atoms with van der Waals surface area (Å²) in [5.74, 6) is 0.0508. The van der Waals surface area contributed by atoms with Gasteiger partial charge in [0.15, 0.2) is 0 Å². The Kier molecular flexibility index (Phi) is 8.62. The van der Waals surface area contributed by atoms with E-state index in [0.717, 1.165) is 47.4 Å². The number of amides is 2. The summed E-state index contributed by atoms with van der Waals surface area (Å²) in [4.78, 5) is 26.7. The molecule has 0 spiro atoms. The lowest BCUT2D eigenvalue weighted by Gasteiger charge is -2.21. The van der Waals surface area contributed by atoms with Crippen molar-refractivity contribution < 1.29 is 9.59 Å². The van der Waals surface area contributed by atoms with Crippen LogP contribution in [0, 0.1) is 17.2 Å². The fraction of sp³-hybridized carbons (Fsp3) is 0.321. The van der Waals surface area contributed by atoms with E-state index in [9.17, 15) is 14.9 Å². The van der Waals surface area contributed by atoms with Crippen molar-refractivity contribution in [2.45, 2.75) is 55.6 Å². The van der Waals surface area contributed by atoms with Crippen molar-refractivity contribution >= 4 is 45.6 Å². The van der Waals surface area contributed by atoms with Crippen molar-refractivity contribution in [3.05, 3.63) is 65.5 Å². The SMILES string of the molecule is CCC(Sc1cccc(NC(=O)C2CCCCC2)c1)C(=O)Nc1scc(-c2ccccc2)c1C#N. The van der Waals surface area contributed by atoms with Gasteiger partial charge >= 0.3 is 0 Å². The number of hydrogen-bond donors (Lipinski definition) is 2. The molecule has 0 aliphatic heterocycles. The number of carbonyl (C=O) groups excluding carboxylic acids is 2. The topological polar surface area (TPSA) is 82.0 Å². The maximum absolute atomic E-state index is 13.1. The summed E-state index contributed by atoms with van der Waals surface area (Å²) in [6.07, 6.45) is 5.99. The maximum atomic E-state index is 13.1. The minimum Gasteiger partial charge on any atom is -0.326 e. The molecule has 3 aromatic rings. The van der Waals surface area contributed by atoms with E-state index in [4.69, 9.17) is 0 Å². The summed E-state index contributed by atoms with van der Waals surface area (Å²) in [5.41, 5.74) is 3.03. The van der Waals surface area contributed by atoms with Gasteiger partial charge in [-0.3, -0.25) is 9.59 Å². The molecule has 1 atom stereocenters. The van der Waals surface area contributed by atoms with Crippen LogP contribution in [0.1, 0.15) is 51.0 Å². The fourth-order valence-corrected chi connectivity index (χ4v) is 6.26. The molecule has 1 aliphatic carbocycles. The van der Waals surface area contributed by atoms with Gasteiger partial charge in [0, 0.05) is 27.4 Å². The highest BCUT2D eigenvalue weighted by Gasteiger charge is 2.23. The number of rotatable bonds is 8. The van der Waals surface area contributed by atoms with E-state index in [1.807, 2.05) is 66.9 Å². The van der Waals surface area contributed by atoms with Crippen molar-refractivity contribution in [2.24, 2.45) is 5.92 Å². The van der Waals surface area contributed by atoms with E-state index >= 15 is 0 Å². The third kappa shape index (κ3) is 6.33. The number of carbonyl (C=O) groups is 2. The molecule has 2 N–H and O–H groups in total. The van der Waals surface area contributed by atoms with Crippen molar-refractivity contribution in [1.82, 2.24) is 0 Å². The first kappa shape index (κ1) is 25.0. The van der Waals surface area contributed by atoms with E-state index in [-0.39, 0.29) is 23.0 Å². The Morgan fingerprint density at radius 2 is 1.86 bits per heavy atom. The number of hydrogen-bond acceptors (Lipinski definition) is 5. The molecule has 0 bridgehead atoms. The lowest BCUT2D eigenvalue weighted by atomic mass is 9.88. The van der Waals surface area contributed by atoms with Crippen LogP contribution in [0.2, 0.25) is 0 Å². The first-order valence-corrected chi connectivity index (χ1v) is 13.8. The Bertz CT molecular complexity index is 1210. The van der Waals surface area contributed by atoms with Gasteiger partial charge in [-0.1, -0.05) is 62.6 Å². The normalized spacial score (nSPS) is 14.6. The Labute approximate surface area is 214 Å². The maximum Gasteiger partial charge on any atom is 0.238 e. The number of thiophene rings is 1. The number of anilines is 2. The van der Waals surface area contributed by atoms with Crippen LogP contribution in [0.25, 0.3) is 11.1 Å². The molecule has 7 heteroatoms. The van der Waals surface area contributed by atoms with Crippen LogP contribution >= 0.6 is 23.1 Å². The lowest BCUT2D eigenvalue weighted by molar-refractivity contribution is -0.120. The molecule has 180 valence electrons. The van der Waals surface area contributed by atoms with Crippen molar-refractivity contribution in [2.75, 3.05) is 10.6 Å². The standard InChI is InChI=1S/C28H29N3O2S2/c1-2-25(27(33)31-28-23(17-29)24(18-34-28)19-10-5-3-6-11-19)35-22-15-9-14-21(16-22)30-26(32)20-12-7-4-8-13-20/h3,5-6,9-11,14-16,18,20,25H,2,4,7-8,12-13H2,1H3,(H,30,32)(H,31,33). The highest BCUT2D eigenvalue weighted by Crippen LogP contribution is 2.36. The highest BCUT2D eigenvalue weighted by molar-refractivity contribution is 8.00. The molecule has 35 heavy (non-hydrogen) atoms. The fourth-order valence-electron chi connectivity index (χ4n) is 4.33. The molecule has 5 nitrogen and oxygen atoms in total. The molecular formula is C28H29N3O2S2. The zero-order chi connectivity index (χ0) is 24.6. The van der Waals surface area contributed by atoms with E-state index in [1.165, 1.54) is 29.5 Å². The van der Waals surface area contributed by atoms with Gasteiger partial charge in [0.05, 0.1) is 10.8 Å². The van der Waals surface area contributed by atoms with Crippen LogP contribution < -0.4 is 10.6 Å². The Morgan fingerprint density at radius 3 is 2.57 bits per heavy atom. The third-order valence-corrected chi connectivity index (χ3v) is 8.50. The van der Waals surface area contributed by atoms with Gasteiger partial charge in [0.25, 0.3) is 0 Å². The molecule has 1 saturated carbocycles. The summed E-state index contributed by atoms with van der Waals surface area (Å²) in [5, 5.41) is 18.0. The number of benzene rings is 2. The van der Waals surface area contributed by atoms with Crippen LogP contribution in [-0.2, 0) is 9.59 Å². The Morgan fingerprint density at radius 1 is 1.09 bits per heavy atom. The lowest BCUT2D eigenvalue weighted by Crippen LogP contribution is -2.25. The monoisotopic (exact) mass is 503 g/mol. The predicted octanol–water partition coefficient (Wildman–Crippen LogP) is 7.31. The first-order valence-electron chi connectivity index (χ1n) is 12.0. The Hall–Kier alpha value is -3.08. The number of nitrogens with one attached hydrogen (secondary N) is 2. The molecule has 1 fully saturated rings. The molecule has 1 heterocycles. The second-order valence-electron chi connectivity index (χ2n) is 8.69. The Balaban J connectivity index is 1.42. The minimum atomic E-state index is -0.326. The quantitative estimate of drug-likeness (QED) is 0.316. The predicted molar refractivity (Wildman–Crippen MR) is 145 cm³/mol. The van der Waals surface area contributed by atoms with E-state index in [1.54, 1.807) is 0 Å². The van der Waals surface area contributed by atoms with E-state index in [2.05, 4.69) is 16.7 Å². The average molecular weight is 504 g/mol. The van der Waals surface area contributed by atoms with Crippen LogP contribution in [0.3, 0.4) is 0 Å². The third-order valence-electron chi connectivity index (χ3n) is 6.24. The number of nitrogens with zero attached hydrogens (tertiary/aromatic N) is 1. The molecule has 1 unspecified atom stereocenters. The number of nitriles is 1. The second kappa shape index (κ2) is 12.1. The first-order chi connectivity index (χ1) is 17.1. The molecule has 4 rings (SSSR count). The van der Waals surface area contributed by atoms with Gasteiger partial charge in [-0.2, -0.15) is 5.26 Å². The van der Waals surface area contributed by atoms with Crippen molar-refractivity contribution in [3.63, 3.8) is 0 Å². The molecule has 1 aliphatic rings. The van der Waals surface area contributed by atoms with Crippen molar-refractivity contribution in [1.29, 1.82) is 5.26 Å². The van der Waals surface area contributed by atoms with Gasteiger partial charge in [0.1, 0.15) is 11.1 Å². The second-order valence-corrected chi connectivity index (χ2v) is 10.8. The highest BCUT2D eigenvalue weighted by atomic mass is 32.2. The van der Waals surface area contributed by atoms with Crippen molar-refractivity contribution in [3.8, 4) is 17.2 Å². The minimum absolute atomic E-state index is 0.0904. The molecule has 0 saturated heterocycles. The molecule has 1 aromatic heterocycles. The summed E-state index contributed by atoms with van der Waals surface area (Å²) in [6.45, 7) is 1.97. The van der Waals surface area contributed by atoms with Gasteiger partial charge in [-0.05, 0) is 43.0 Å². The zero-order valence-corrected chi connectivity index (χ0v) is 21.4. The van der Waals surface area contributed by atoms with E-state index in [0.29, 0.717) is 17.0 Å². The molecule has 0 radical (unpaired) electrons. The smallest absolute Gasteiger partial charge is 0.238 e. The number of thioether (sulfide) groups is 1. The van der Waals surface area contributed by atoms with Crippen LogP contribution in [0.4, 0.5) is 10.7 Å². The van der Waals surface area contributed by atoms with Crippen LogP contribution in [0.5, 0.6) is 0 Å². The molecule has 2 amide bonds. The summed E-state index contributed by atoms with van der Waals surface area (Å²) in [7, 11) is 0. The summed E-state index contributed by atoms with van der Waals surface area (Å²) in [6, 6.07) is 19.7. The molecule has 2 aromatic carbocycles. The van der Waals surface area contributed by atoms with Gasteiger partial charge in [-0.15, -0.1) is 23.1 Å². The van der Waals surface area contributed by atoms with Gasteiger partial charge in [0.2, 0.25) is 11.8 Å². The molecular weight excluding hydrogens is 474 g/mol. The van der Waals surface area contributed by atoms with E-state index < -0.39 is 0 Å². The van der Waals surface area contributed by atoms with Crippen LogP contribution in [-0.4, -0.2) is 17.1 Å². The average Bonchev–Trinajstić information content (AvgIpc) is 3.30. The largest absolute Gasteiger partial charge is 0.326 e. The van der Waals surface area contributed by atoms with Gasteiger partial charge in [-0.25, -0.2) is 0 Å². The summed E-state index contributed by atoms with van der Waals surface area (Å²) >= 11 is 2.84. The van der Waals surface area contributed by atoms with Crippen LogP contribution in [0.15, 0.2) is 64.9 Å².